The highest BCUT2D eigenvalue weighted by Crippen LogP contribution is 2.29. The molecule has 1 aliphatic rings. The molecule has 1 fully saturated rings. The van der Waals surface area contributed by atoms with E-state index in [2.05, 4.69) is 17.0 Å². The van der Waals surface area contributed by atoms with Crippen molar-refractivity contribution in [3.05, 3.63) is 24.0 Å². The van der Waals surface area contributed by atoms with Gasteiger partial charge in [0, 0.05) is 19.6 Å². The van der Waals surface area contributed by atoms with Crippen molar-refractivity contribution >= 4 is 22.7 Å². The number of rotatable bonds is 6. The van der Waals surface area contributed by atoms with Gasteiger partial charge in [0.1, 0.15) is 17.8 Å². The number of esters is 1. The molecule has 3 rings (SSSR count). The van der Waals surface area contributed by atoms with Crippen LogP contribution in [0.2, 0.25) is 0 Å². The number of fused-ring (bicyclic) bond motifs is 1. The number of piperidine rings is 1. The number of anilines is 1. The summed E-state index contributed by atoms with van der Waals surface area (Å²) >= 11 is 0. The molecule has 0 unspecified atom stereocenters. The molecule has 0 spiro atoms. The Balaban J connectivity index is 2.01. The molecule has 25 heavy (non-hydrogen) atoms. The van der Waals surface area contributed by atoms with Gasteiger partial charge in [-0.25, -0.2) is 4.98 Å². The molecular formula is C19H24N4O2. The molecule has 0 saturated carbocycles. The quantitative estimate of drug-likeness (QED) is 0.756. The Labute approximate surface area is 148 Å². The molecule has 1 saturated heterocycles. The van der Waals surface area contributed by atoms with Crippen LogP contribution >= 0.6 is 0 Å². The van der Waals surface area contributed by atoms with Crippen LogP contribution in [0, 0.1) is 11.3 Å². The molecule has 0 amide bonds. The van der Waals surface area contributed by atoms with Crippen molar-refractivity contribution in [1.29, 1.82) is 5.26 Å². The molecule has 1 aliphatic heterocycles. The molecule has 2 aromatic rings. The Morgan fingerprint density at radius 1 is 1.32 bits per heavy atom. The predicted molar refractivity (Wildman–Crippen MR) is 96.4 cm³/mol. The van der Waals surface area contributed by atoms with Crippen LogP contribution in [0.5, 0.6) is 0 Å². The van der Waals surface area contributed by atoms with Crippen LogP contribution in [0.4, 0.5) is 5.69 Å². The zero-order valence-electron chi connectivity index (χ0n) is 14.7. The number of nitriles is 1. The minimum absolute atomic E-state index is 0.132. The number of nitrogens with zero attached hydrogens (tertiary/aromatic N) is 4. The SMILES string of the molecule is CCOC(=O)Cc1nc2c(N3CCCCC3)cccc2n1CCC#N. The van der Waals surface area contributed by atoms with Gasteiger partial charge in [-0.1, -0.05) is 6.07 Å². The molecule has 1 aromatic heterocycles. The zero-order chi connectivity index (χ0) is 17.6. The summed E-state index contributed by atoms with van der Waals surface area (Å²) in [6, 6.07) is 8.33. The van der Waals surface area contributed by atoms with Crippen molar-refractivity contribution in [2.45, 2.75) is 45.6 Å². The van der Waals surface area contributed by atoms with E-state index in [1.54, 1.807) is 6.92 Å². The Morgan fingerprint density at radius 2 is 2.12 bits per heavy atom. The second-order valence-corrected chi connectivity index (χ2v) is 6.26. The van der Waals surface area contributed by atoms with E-state index >= 15 is 0 Å². The van der Waals surface area contributed by atoms with Crippen molar-refractivity contribution in [2.75, 3.05) is 24.6 Å². The number of benzene rings is 1. The van der Waals surface area contributed by atoms with Gasteiger partial charge in [0.05, 0.1) is 30.3 Å². The van der Waals surface area contributed by atoms with E-state index in [1.165, 1.54) is 19.3 Å². The first-order valence-electron chi connectivity index (χ1n) is 9.00. The lowest BCUT2D eigenvalue weighted by molar-refractivity contribution is -0.142. The van der Waals surface area contributed by atoms with Crippen molar-refractivity contribution in [2.24, 2.45) is 0 Å². The van der Waals surface area contributed by atoms with E-state index in [1.807, 2.05) is 16.7 Å². The first kappa shape index (κ1) is 17.3. The molecule has 1 aromatic carbocycles. The molecule has 2 heterocycles. The number of carbonyl (C=O) groups is 1. The van der Waals surface area contributed by atoms with Crippen molar-refractivity contribution in [3.63, 3.8) is 0 Å². The molecule has 6 nitrogen and oxygen atoms in total. The van der Waals surface area contributed by atoms with Crippen LogP contribution in [0.1, 0.15) is 38.4 Å². The number of imidazole rings is 1. The average Bonchev–Trinajstić information content (AvgIpc) is 2.97. The third-order valence-electron chi connectivity index (χ3n) is 4.59. The van der Waals surface area contributed by atoms with E-state index in [-0.39, 0.29) is 12.4 Å². The second kappa shape index (κ2) is 8.02. The summed E-state index contributed by atoms with van der Waals surface area (Å²) in [5, 5.41) is 8.97. The van der Waals surface area contributed by atoms with Gasteiger partial charge in [0.2, 0.25) is 0 Å². The number of carbonyl (C=O) groups excluding carboxylic acids is 1. The molecular weight excluding hydrogens is 316 g/mol. The van der Waals surface area contributed by atoms with Gasteiger partial charge in [-0.15, -0.1) is 0 Å². The maximum atomic E-state index is 12.0. The van der Waals surface area contributed by atoms with E-state index < -0.39 is 0 Å². The standard InChI is InChI=1S/C19H24N4O2/c1-2-25-18(24)14-17-21-19-15(22-11-4-3-5-12-22)8-6-9-16(19)23(17)13-7-10-20/h6,8-9H,2-5,7,11-14H2,1H3. The van der Waals surface area contributed by atoms with Gasteiger partial charge >= 0.3 is 5.97 Å². The summed E-state index contributed by atoms with van der Waals surface area (Å²) in [5.41, 5.74) is 3.03. The topological polar surface area (TPSA) is 71.2 Å². The predicted octanol–water partition coefficient (Wildman–Crippen LogP) is 3.05. The van der Waals surface area contributed by atoms with Crippen LogP contribution in [0.15, 0.2) is 18.2 Å². The average molecular weight is 340 g/mol. The van der Waals surface area contributed by atoms with Crippen molar-refractivity contribution in [1.82, 2.24) is 9.55 Å². The van der Waals surface area contributed by atoms with Crippen LogP contribution in [0.25, 0.3) is 11.0 Å². The van der Waals surface area contributed by atoms with E-state index in [9.17, 15) is 4.79 Å². The fourth-order valence-corrected chi connectivity index (χ4v) is 3.46. The highest BCUT2D eigenvalue weighted by Gasteiger charge is 2.20. The summed E-state index contributed by atoms with van der Waals surface area (Å²) in [4.78, 5) is 19.1. The van der Waals surface area contributed by atoms with Gasteiger partial charge < -0.3 is 14.2 Å². The van der Waals surface area contributed by atoms with Gasteiger partial charge in [0.25, 0.3) is 0 Å². The van der Waals surface area contributed by atoms with Crippen LogP contribution in [-0.2, 0) is 22.5 Å². The third-order valence-corrected chi connectivity index (χ3v) is 4.59. The zero-order valence-corrected chi connectivity index (χ0v) is 14.7. The highest BCUT2D eigenvalue weighted by atomic mass is 16.5. The number of aromatic nitrogens is 2. The fourth-order valence-electron chi connectivity index (χ4n) is 3.46. The van der Waals surface area contributed by atoms with E-state index in [0.29, 0.717) is 25.4 Å². The van der Waals surface area contributed by atoms with Crippen molar-refractivity contribution < 1.29 is 9.53 Å². The lowest BCUT2D eigenvalue weighted by atomic mass is 10.1. The van der Waals surface area contributed by atoms with Crippen LogP contribution < -0.4 is 4.90 Å². The number of hydrogen-bond acceptors (Lipinski definition) is 5. The number of hydrogen-bond donors (Lipinski definition) is 0. The largest absolute Gasteiger partial charge is 0.466 e. The highest BCUT2D eigenvalue weighted by molar-refractivity contribution is 5.90. The normalized spacial score (nSPS) is 14.5. The molecule has 6 heteroatoms. The maximum Gasteiger partial charge on any atom is 0.313 e. The Morgan fingerprint density at radius 3 is 2.84 bits per heavy atom. The van der Waals surface area contributed by atoms with Crippen molar-refractivity contribution in [3.8, 4) is 6.07 Å². The second-order valence-electron chi connectivity index (χ2n) is 6.26. The first-order chi connectivity index (χ1) is 12.2. The molecule has 0 aliphatic carbocycles. The fraction of sp³-hybridized carbons (Fsp3) is 0.526. The third kappa shape index (κ3) is 3.76. The van der Waals surface area contributed by atoms with E-state index in [4.69, 9.17) is 15.0 Å². The monoisotopic (exact) mass is 340 g/mol. The number of ether oxygens (including phenoxy) is 1. The molecule has 132 valence electrons. The number of aryl methyl sites for hydroxylation is 1. The molecule has 0 radical (unpaired) electrons. The maximum absolute atomic E-state index is 12.0. The lowest BCUT2D eigenvalue weighted by Gasteiger charge is -2.28. The Hall–Kier alpha value is -2.55. The smallest absolute Gasteiger partial charge is 0.313 e. The summed E-state index contributed by atoms with van der Waals surface area (Å²) in [5.74, 6) is 0.392. The van der Waals surface area contributed by atoms with Crippen LogP contribution in [-0.4, -0.2) is 35.2 Å². The summed E-state index contributed by atoms with van der Waals surface area (Å²) < 4.78 is 7.07. The summed E-state index contributed by atoms with van der Waals surface area (Å²) in [7, 11) is 0. The van der Waals surface area contributed by atoms with Gasteiger partial charge in [0.15, 0.2) is 0 Å². The molecule has 0 bridgehead atoms. The number of para-hydroxylation sites is 1. The molecule has 0 atom stereocenters. The van der Waals surface area contributed by atoms with Gasteiger partial charge in [-0.3, -0.25) is 4.79 Å². The summed E-state index contributed by atoms with van der Waals surface area (Å²) in [6.07, 6.45) is 4.18. The Kier molecular flexibility index (Phi) is 5.54. The van der Waals surface area contributed by atoms with Gasteiger partial charge in [-0.2, -0.15) is 5.26 Å². The molecule has 0 N–H and O–H groups in total. The summed E-state index contributed by atoms with van der Waals surface area (Å²) in [6.45, 7) is 4.77. The van der Waals surface area contributed by atoms with Gasteiger partial charge in [-0.05, 0) is 38.3 Å². The first-order valence-corrected chi connectivity index (χ1v) is 9.00. The lowest BCUT2D eigenvalue weighted by Crippen LogP contribution is -2.29. The minimum atomic E-state index is -0.282. The van der Waals surface area contributed by atoms with E-state index in [0.717, 1.165) is 29.8 Å². The Bertz CT molecular complexity index is 785. The van der Waals surface area contributed by atoms with Crippen LogP contribution in [0.3, 0.4) is 0 Å². The minimum Gasteiger partial charge on any atom is -0.466 e.